The number of hydrogen-bond acceptors (Lipinski definition) is 2. The van der Waals surface area contributed by atoms with E-state index >= 15 is 0 Å². The van der Waals surface area contributed by atoms with Crippen LogP contribution in [0.4, 0.5) is 13.2 Å². The smallest absolute Gasteiger partial charge is 0.341 e. The number of hydrogen-bond donors (Lipinski definition) is 0. The maximum atomic E-state index is 12.6. The monoisotopic (exact) mass is 353 g/mol. The highest BCUT2D eigenvalue weighted by Gasteiger charge is 2.30. The van der Waals surface area contributed by atoms with Crippen LogP contribution < -0.4 is 0 Å². The molecular weight excluding hydrogens is 331 g/mol. The predicted octanol–water partition coefficient (Wildman–Crippen LogP) is 3.65. The van der Waals surface area contributed by atoms with Crippen LogP contribution in [0.1, 0.15) is 34.5 Å². The average Bonchev–Trinajstić information content (AvgIpc) is 2.77. The molecule has 7 heteroatoms. The summed E-state index contributed by atoms with van der Waals surface area (Å²) in [6.07, 6.45) is -3.41. The third-order valence-corrected chi connectivity index (χ3v) is 4.37. The van der Waals surface area contributed by atoms with Gasteiger partial charge in [0.25, 0.3) is 0 Å². The minimum atomic E-state index is -4.35. The van der Waals surface area contributed by atoms with Crippen molar-refractivity contribution in [2.24, 2.45) is 7.05 Å². The Kier molecular flexibility index (Phi) is 5.55. The van der Waals surface area contributed by atoms with Gasteiger partial charge in [-0.25, -0.2) is 0 Å². The molecule has 0 aliphatic heterocycles. The zero-order valence-corrected chi connectivity index (χ0v) is 14.8. The summed E-state index contributed by atoms with van der Waals surface area (Å²) in [7, 11) is 3.52. The second-order valence-corrected chi connectivity index (χ2v) is 6.22. The van der Waals surface area contributed by atoms with E-state index < -0.39 is 11.7 Å². The first-order valence-corrected chi connectivity index (χ1v) is 7.98. The third-order valence-electron chi connectivity index (χ3n) is 4.37. The van der Waals surface area contributed by atoms with Gasteiger partial charge in [0.15, 0.2) is 0 Å². The van der Waals surface area contributed by atoms with Gasteiger partial charge in [-0.05, 0) is 43.5 Å². The minimum absolute atomic E-state index is 0.0532. The topological polar surface area (TPSA) is 38.1 Å². The van der Waals surface area contributed by atoms with E-state index in [2.05, 4.69) is 5.10 Å². The highest BCUT2D eigenvalue weighted by Crippen LogP contribution is 2.29. The number of benzene rings is 1. The van der Waals surface area contributed by atoms with Crippen molar-refractivity contribution < 1.29 is 18.0 Å². The second kappa shape index (κ2) is 7.29. The van der Waals surface area contributed by atoms with Crippen LogP contribution in [0.3, 0.4) is 0 Å². The molecule has 0 radical (unpaired) electrons. The third kappa shape index (κ3) is 4.61. The predicted molar refractivity (Wildman–Crippen MR) is 88.9 cm³/mol. The largest absolute Gasteiger partial charge is 0.416 e. The molecule has 0 bridgehead atoms. The normalized spacial score (nSPS) is 11.6. The van der Waals surface area contributed by atoms with Crippen LogP contribution in [-0.2, 0) is 31.0 Å². The van der Waals surface area contributed by atoms with Gasteiger partial charge in [-0.3, -0.25) is 9.48 Å². The zero-order valence-electron chi connectivity index (χ0n) is 14.8. The van der Waals surface area contributed by atoms with E-state index in [0.717, 1.165) is 29.1 Å². The van der Waals surface area contributed by atoms with Gasteiger partial charge < -0.3 is 4.90 Å². The standard InChI is InChI=1S/C18H22F3N3O/c1-12-16(13(2)24(4)22-12)9-10-17(25)23(3)11-14-5-7-15(8-6-14)18(19,20)21/h5-8H,9-11H2,1-4H3. The van der Waals surface area contributed by atoms with Crippen molar-refractivity contribution in [3.05, 3.63) is 52.3 Å². The molecule has 0 atom stereocenters. The molecule has 1 amide bonds. The molecule has 1 aromatic carbocycles. The number of aryl methyl sites for hydroxylation is 2. The van der Waals surface area contributed by atoms with E-state index in [-0.39, 0.29) is 12.5 Å². The van der Waals surface area contributed by atoms with Crippen molar-refractivity contribution in [2.75, 3.05) is 7.05 Å². The maximum Gasteiger partial charge on any atom is 0.416 e. The lowest BCUT2D eigenvalue weighted by atomic mass is 10.1. The molecule has 0 unspecified atom stereocenters. The van der Waals surface area contributed by atoms with Crippen LogP contribution in [-0.4, -0.2) is 27.6 Å². The van der Waals surface area contributed by atoms with Crippen molar-refractivity contribution in [1.29, 1.82) is 0 Å². The summed E-state index contributed by atoms with van der Waals surface area (Å²) < 4.78 is 39.5. The summed E-state index contributed by atoms with van der Waals surface area (Å²) >= 11 is 0. The number of alkyl halides is 3. The van der Waals surface area contributed by atoms with Crippen molar-refractivity contribution in [2.45, 2.75) is 39.4 Å². The lowest BCUT2D eigenvalue weighted by Crippen LogP contribution is -2.26. The van der Waals surface area contributed by atoms with Crippen molar-refractivity contribution in [1.82, 2.24) is 14.7 Å². The zero-order chi connectivity index (χ0) is 18.8. The number of carbonyl (C=O) groups is 1. The molecule has 0 aliphatic carbocycles. The van der Waals surface area contributed by atoms with Gasteiger partial charge in [0.05, 0.1) is 11.3 Å². The van der Waals surface area contributed by atoms with Crippen molar-refractivity contribution in [3.63, 3.8) is 0 Å². The summed E-state index contributed by atoms with van der Waals surface area (Å²) in [4.78, 5) is 13.8. The van der Waals surface area contributed by atoms with Crippen LogP contribution in [0.25, 0.3) is 0 Å². The fourth-order valence-electron chi connectivity index (χ4n) is 2.76. The van der Waals surface area contributed by atoms with E-state index in [9.17, 15) is 18.0 Å². The van der Waals surface area contributed by atoms with Gasteiger partial charge in [0, 0.05) is 32.8 Å². The van der Waals surface area contributed by atoms with E-state index in [1.54, 1.807) is 11.7 Å². The second-order valence-electron chi connectivity index (χ2n) is 6.22. The molecule has 4 nitrogen and oxygen atoms in total. The summed E-state index contributed by atoms with van der Waals surface area (Å²) in [5.41, 5.74) is 3.00. The molecule has 25 heavy (non-hydrogen) atoms. The van der Waals surface area contributed by atoms with E-state index in [1.165, 1.54) is 17.0 Å². The Morgan fingerprint density at radius 2 is 1.80 bits per heavy atom. The molecule has 136 valence electrons. The SMILES string of the molecule is Cc1nn(C)c(C)c1CCC(=O)N(C)Cc1ccc(C(F)(F)F)cc1. The Balaban J connectivity index is 1.94. The van der Waals surface area contributed by atoms with Gasteiger partial charge in [0.2, 0.25) is 5.91 Å². The van der Waals surface area contributed by atoms with Crippen LogP contribution in [0.2, 0.25) is 0 Å². The summed E-state index contributed by atoms with van der Waals surface area (Å²) in [6, 6.07) is 4.88. The summed E-state index contributed by atoms with van der Waals surface area (Å²) in [5.74, 6) is -0.0532. The van der Waals surface area contributed by atoms with Crippen molar-refractivity contribution in [3.8, 4) is 0 Å². The maximum absolute atomic E-state index is 12.6. The first kappa shape index (κ1) is 19.0. The first-order chi connectivity index (χ1) is 11.6. The Bertz CT molecular complexity index is 748. The Morgan fingerprint density at radius 1 is 1.20 bits per heavy atom. The highest BCUT2D eigenvalue weighted by atomic mass is 19.4. The van der Waals surface area contributed by atoms with Crippen LogP contribution in [0.15, 0.2) is 24.3 Å². The number of nitrogens with zero attached hydrogens (tertiary/aromatic N) is 3. The van der Waals surface area contributed by atoms with E-state index in [1.807, 2.05) is 20.9 Å². The molecule has 1 heterocycles. The highest BCUT2D eigenvalue weighted by molar-refractivity contribution is 5.76. The fourth-order valence-corrected chi connectivity index (χ4v) is 2.76. The summed E-state index contributed by atoms with van der Waals surface area (Å²) in [5, 5.41) is 4.33. The van der Waals surface area contributed by atoms with E-state index in [0.29, 0.717) is 18.4 Å². The van der Waals surface area contributed by atoms with E-state index in [4.69, 9.17) is 0 Å². The Morgan fingerprint density at radius 3 is 2.28 bits per heavy atom. The molecule has 0 spiro atoms. The van der Waals surface area contributed by atoms with Crippen LogP contribution in [0, 0.1) is 13.8 Å². The van der Waals surface area contributed by atoms with Crippen LogP contribution in [0.5, 0.6) is 0 Å². The molecule has 1 aromatic heterocycles. The lowest BCUT2D eigenvalue weighted by molar-refractivity contribution is -0.137. The molecule has 2 rings (SSSR count). The molecule has 2 aromatic rings. The first-order valence-electron chi connectivity index (χ1n) is 7.98. The Hall–Kier alpha value is -2.31. The van der Waals surface area contributed by atoms with Gasteiger partial charge in [-0.1, -0.05) is 12.1 Å². The molecule has 0 aliphatic rings. The van der Waals surface area contributed by atoms with Gasteiger partial charge >= 0.3 is 6.18 Å². The van der Waals surface area contributed by atoms with Crippen LogP contribution >= 0.6 is 0 Å². The molecule has 0 fully saturated rings. The fraction of sp³-hybridized carbons (Fsp3) is 0.444. The number of rotatable bonds is 5. The average molecular weight is 353 g/mol. The lowest BCUT2D eigenvalue weighted by Gasteiger charge is -2.18. The number of amides is 1. The summed E-state index contributed by atoms with van der Waals surface area (Å²) in [6.45, 7) is 4.16. The Labute approximate surface area is 145 Å². The minimum Gasteiger partial charge on any atom is -0.341 e. The quantitative estimate of drug-likeness (QED) is 0.823. The molecular formula is C18H22F3N3O. The number of carbonyl (C=O) groups excluding carboxylic acids is 1. The molecule has 0 saturated heterocycles. The number of aromatic nitrogens is 2. The van der Waals surface area contributed by atoms with Gasteiger partial charge in [-0.15, -0.1) is 0 Å². The molecule has 0 saturated carbocycles. The van der Waals surface area contributed by atoms with Crippen molar-refractivity contribution >= 4 is 5.91 Å². The number of halogens is 3. The van der Waals surface area contributed by atoms with Gasteiger partial charge in [-0.2, -0.15) is 18.3 Å². The van der Waals surface area contributed by atoms with Gasteiger partial charge in [0.1, 0.15) is 0 Å². The molecule has 0 N–H and O–H groups in total.